The van der Waals surface area contributed by atoms with E-state index < -0.39 is 0 Å². The first-order chi connectivity index (χ1) is 7.66. The summed E-state index contributed by atoms with van der Waals surface area (Å²) in [4.78, 5) is 0. The number of anilines is 5. The van der Waals surface area contributed by atoms with Gasteiger partial charge in [0.1, 0.15) is 0 Å². The van der Waals surface area contributed by atoms with Gasteiger partial charge in [0, 0.05) is 11.4 Å². The van der Waals surface area contributed by atoms with Crippen LogP contribution in [-0.2, 0) is 0 Å². The van der Waals surface area contributed by atoms with Crippen LogP contribution in [-0.4, -0.2) is 0 Å². The van der Waals surface area contributed by atoms with Gasteiger partial charge in [-0.05, 0) is 30.3 Å². The van der Waals surface area contributed by atoms with Crippen LogP contribution in [0, 0.1) is 0 Å². The lowest BCUT2D eigenvalue weighted by molar-refractivity contribution is 1.54. The third kappa shape index (κ3) is 2.00. The maximum Gasteiger partial charge on any atom is 0.0851 e. The number of para-hydroxylation sites is 1. The second-order valence-electron chi connectivity index (χ2n) is 3.56. The van der Waals surface area contributed by atoms with Crippen molar-refractivity contribution in [3.63, 3.8) is 0 Å². The predicted molar refractivity (Wildman–Crippen MR) is 69.4 cm³/mol. The maximum atomic E-state index is 5.83. The van der Waals surface area contributed by atoms with Crippen molar-refractivity contribution in [2.45, 2.75) is 0 Å². The van der Waals surface area contributed by atoms with Crippen LogP contribution in [0.25, 0.3) is 0 Å². The fourth-order valence-corrected chi connectivity index (χ4v) is 1.49. The second kappa shape index (κ2) is 4.02. The standard InChI is InChI=1S/C12H14N4/c13-8-3-1-4-9(7-8)16-12-10(14)5-2-6-11(12)15/h1-7,16H,13-15H2. The molecule has 0 aliphatic rings. The number of nitrogens with two attached hydrogens (primary N) is 3. The summed E-state index contributed by atoms with van der Waals surface area (Å²) in [6, 6.07) is 12.8. The molecule has 4 nitrogen and oxygen atoms in total. The molecule has 82 valence electrons. The molecule has 0 saturated heterocycles. The molecular weight excluding hydrogens is 200 g/mol. The van der Waals surface area contributed by atoms with Crippen molar-refractivity contribution >= 4 is 28.4 Å². The van der Waals surface area contributed by atoms with Crippen LogP contribution in [0.1, 0.15) is 0 Å². The first kappa shape index (κ1) is 10.2. The molecule has 4 heteroatoms. The van der Waals surface area contributed by atoms with Crippen LogP contribution in [0.3, 0.4) is 0 Å². The number of rotatable bonds is 2. The molecule has 0 amide bonds. The Kier molecular flexibility index (Phi) is 2.55. The van der Waals surface area contributed by atoms with Crippen molar-refractivity contribution in [3.8, 4) is 0 Å². The summed E-state index contributed by atoms with van der Waals surface area (Å²) in [5, 5.41) is 3.15. The van der Waals surface area contributed by atoms with Crippen molar-refractivity contribution in [1.82, 2.24) is 0 Å². The maximum absolute atomic E-state index is 5.83. The molecule has 0 spiro atoms. The number of hydrogen-bond donors (Lipinski definition) is 4. The lowest BCUT2D eigenvalue weighted by Crippen LogP contribution is -2.00. The van der Waals surface area contributed by atoms with Crippen LogP contribution >= 0.6 is 0 Å². The molecule has 0 atom stereocenters. The molecule has 2 rings (SSSR count). The number of benzene rings is 2. The van der Waals surface area contributed by atoms with E-state index in [1.165, 1.54) is 0 Å². The molecular formula is C12H14N4. The van der Waals surface area contributed by atoms with Crippen LogP contribution in [0.2, 0.25) is 0 Å². The molecule has 16 heavy (non-hydrogen) atoms. The monoisotopic (exact) mass is 214 g/mol. The SMILES string of the molecule is Nc1cccc(Nc2c(N)cccc2N)c1. The highest BCUT2D eigenvalue weighted by molar-refractivity contribution is 5.83. The molecule has 2 aromatic carbocycles. The molecule has 0 heterocycles. The zero-order chi connectivity index (χ0) is 11.5. The predicted octanol–water partition coefficient (Wildman–Crippen LogP) is 2.18. The summed E-state index contributed by atoms with van der Waals surface area (Å²) in [6.07, 6.45) is 0. The van der Waals surface area contributed by atoms with E-state index in [2.05, 4.69) is 5.32 Å². The Labute approximate surface area is 94.1 Å². The van der Waals surface area contributed by atoms with Gasteiger partial charge >= 0.3 is 0 Å². The van der Waals surface area contributed by atoms with Gasteiger partial charge in [-0.25, -0.2) is 0 Å². The topological polar surface area (TPSA) is 90.1 Å². The van der Waals surface area contributed by atoms with Gasteiger partial charge in [0.15, 0.2) is 0 Å². The summed E-state index contributed by atoms with van der Waals surface area (Å²) >= 11 is 0. The highest BCUT2D eigenvalue weighted by Gasteiger charge is 2.03. The summed E-state index contributed by atoms with van der Waals surface area (Å²) in [6.45, 7) is 0. The van der Waals surface area contributed by atoms with Gasteiger partial charge in [0.2, 0.25) is 0 Å². The average Bonchev–Trinajstić information content (AvgIpc) is 2.24. The molecule has 2 aromatic rings. The van der Waals surface area contributed by atoms with E-state index in [4.69, 9.17) is 17.2 Å². The van der Waals surface area contributed by atoms with E-state index in [0.717, 1.165) is 5.69 Å². The molecule has 0 unspecified atom stereocenters. The van der Waals surface area contributed by atoms with Crippen LogP contribution in [0.5, 0.6) is 0 Å². The normalized spacial score (nSPS) is 10.0. The highest BCUT2D eigenvalue weighted by atomic mass is 14.9. The minimum absolute atomic E-state index is 0.613. The minimum Gasteiger partial charge on any atom is -0.399 e. The second-order valence-corrected chi connectivity index (χ2v) is 3.56. The Hall–Kier alpha value is -2.36. The molecule has 0 fully saturated rings. The van der Waals surface area contributed by atoms with Crippen LogP contribution in [0.15, 0.2) is 42.5 Å². The van der Waals surface area contributed by atoms with E-state index in [0.29, 0.717) is 22.7 Å². The largest absolute Gasteiger partial charge is 0.399 e. The van der Waals surface area contributed by atoms with Crippen molar-refractivity contribution in [1.29, 1.82) is 0 Å². The van der Waals surface area contributed by atoms with Gasteiger partial charge in [-0.3, -0.25) is 0 Å². The highest BCUT2D eigenvalue weighted by Crippen LogP contribution is 2.29. The third-order valence-corrected chi connectivity index (χ3v) is 2.28. The average molecular weight is 214 g/mol. The molecule has 7 N–H and O–H groups in total. The number of nitrogens with one attached hydrogen (secondary N) is 1. The van der Waals surface area contributed by atoms with E-state index in [1.807, 2.05) is 30.3 Å². The Balaban J connectivity index is 2.34. The summed E-state index contributed by atoms with van der Waals surface area (Å²) in [5.74, 6) is 0. The van der Waals surface area contributed by atoms with Crippen molar-refractivity contribution < 1.29 is 0 Å². The Morgan fingerprint density at radius 3 is 2.06 bits per heavy atom. The van der Waals surface area contributed by atoms with E-state index in [-0.39, 0.29) is 0 Å². The molecule has 0 saturated carbocycles. The van der Waals surface area contributed by atoms with Gasteiger partial charge in [-0.2, -0.15) is 0 Å². The van der Waals surface area contributed by atoms with Crippen molar-refractivity contribution in [2.75, 3.05) is 22.5 Å². The summed E-state index contributed by atoms with van der Waals surface area (Å²) in [5.41, 5.74) is 20.9. The minimum atomic E-state index is 0.613. The fraction of sp³-hybridized carbons (Fsp3) is 0. The quantitative estimate of drug-likeness (QED) is 0.577. The molecule has 0 radical (unpaired) electrons. The Morgan fingerprint density at radius 2 is 1.44 bits per heavy atom. The zero-order valence-corrected chi connectivity index (χ0v) is 8.77. The van der Waals surface area contributed by atoms with E-state index in [1.54, 1.807) is 12.1 Å². The number of hydrogen-bond acceptors (Lipinski definition) is 4. The molecule has 0 bridgehead atoms. The Morgan fingerprint density at radius 1 is 0.812 bits per heavy atom. The van der Waals surface area contributed by atoms with E-state index in [9.17, 15) is 0 Å². The van der Waals surface area contributed by atoms with Crippen molar-refractivity contribution in [3.05, 3.63) is 42.5 Å². The van der Waals surface area contributed by atoms with Crippen molar-refractivity contribution in [2.24, 2.45) is 0 Å². The first-order valence-electron chi connectivity index (χ1n) is 4.93. The summed E-state index contributed by atoms with van der Waals surface area (Å²) < 4.78 is 0. The summed E-state index contributed by atoms with van der Waals surface area (Å²) in [7, 11) is 0. The van der Waals surface area contributed by atoms with Gasteiger partial charge in [0.05, 0.1) is 17.1 Å². The number of nitrogen functional groups attached to an aromatic ring is 3. The molecule has 0 aliphatic heterocycles. The van der Waals surface area contributed by atoms with Crippen LogP contribution in [0.4, 0.5) is 28.4 Å². The van der Waals surface area contributed by atoms with E-state index >= 15 is 0 Å². The Bertz CT molecular complexity index is 488. The van der Waals surface area contributed by atoms with Gasteiger partial charge in [-0.1, -0.05) is 12.1 Å². The fourth-order valence-electron chi connectivity index (χ4n) is 1.49. The smallest absolute Gasteiger partial charge is 0.0851 e. The lowest BCUT2D eigenvalue weighted by atomic mass is 10.2. The van der Waals surface area contributed by atoms with Crippen LogP contribution < -0.4 is 22.5 Å². The molecule has 0 aliphatic carbocycles. The zero-order valence-electron chi connectivity index (χ0n) is 8.77. The van der Waals surface area contributed by atoms with Gasteiger partial charge < -0.3 is 22.5 Å². The first-order valence-corrected chi connectivity index (χ1v) is 4.93. The lowest BCUT2D eigenvalue weighted by Gasteiger charge is -2.12. The van der Waals surface area contributed by atoms with Gasteiger partial charge in [-0.15, -0.1) is 0 Å². The molecule has 0 aromatic heterocycles. The van der Waals surface area contributed by atoms with Gasteiger partial charge in [0.25, 0.3) is 0 Å². The third-order valence-electron chi connectivity index (χ3n) is 2.28.